The Balaban J connectivity index is 1.46. The van der Waals surface area contributed by atoms with Gasteiger partial charge in [0.2, 0.25) is 5.82 Å². The van der Waals surface area contributed by atoms with Gasteiger partial charge in [0.1, 0.15) is 11.5 Å². The molecule has 1 aliphatic rings. The van der Waals surface area contributed by atoms with Crippen LogP contribution in [0.2, 0.25) is 0 Å². The lowest BCUT2D eigenvalue weighted by molar-refractivity contribution is -0.134. The molecule has 0 atom stereocenters. The van der Waals surface area contributed by atoms with E-state index < -0.39 is 0 Å². The molecule has 0 spiro atoms. The summed E-state index contributed by atoms with van der Waals surface area (Å²) in [5.74, 6) is 2.10. The van der Waals surface area contributed by atoms with Gasteiger partial charge in [0.05, 0.1) is 12.7 Å². The average molecular weight is 393 g/mol. The zero-order valence-corrected chi connectivity index (χ0v) is 16.3. The Morgan fingerprint density at radius 2 is 1.93 bits per heavy atom. The van der Waals surface area contributed by atoms with Gasteiger partial charge in [-0.15, -0.1) is 0 Å². The van der Waals surface area contributed by atoms with Crippen LogP contribution in [0.25, 0.3) is 22.8 Å². The third-order valence-corrected chi connectivity index (χ3v) is 4.93. The maximum Gasteiger partial charge on any atom is 0.262 e. The van der Waals surface area contributed by atoms with E-state index >= 15 is 0 Å². The number of para-hydroxylation sites is 1. The number of methoxy groups -OCH3 is 1. The molecule has 3 aromatic rings. The Morgan fingerprint density at radius 1 is 1.10 bits per heavy atom. The van der Waals surface area contributed by atoms with Crippen LogP contribution in [0.15, 0.2) is 53.1 Å². The maximum atomic E-state index is 12.3. The Kier molecular flexibility index (Phi) is 5.74. The van der Waals surface area contributed by atoms with E-state index in [9.17, 15) is 4.79 Å². The highest BCUT2D eigenvalue weighted by Crippen LogP contribution is 2.30. The van der Waals surface area contributed by atoms with E-state index in [1.165, 1.54) is 6.42 Å². The molecule has 0 bridgehead atoms. The van der Waals surface area contributed by atoms with E-state index in [1.54, 1.807) is 13.2 Å². The number of carbonyl (C=O) groups is 1. The molecule has 7 heteroatoms. The molecule has 1 aromatic heterocycles. The predicted octanol–water partition coefficient (Wildman–Crippen LogP) is 3.80. The molecule has 29 heavy (non-hydrogen) atoms. The number of piperidine rings is 1. The summed E-state index contributed by atoms with van der Waals surface area (Å²) in [5, 5.41) is 4.08. The number of hydrogen-bond donors (Lipinski definition) is 0. The van der Waals surface area contributed by atoms with Crippen molar-refractivity contribution in [3.05, 3.63) is 48.5 Å². The number of likely N-dealkylation sites (tertiary alicyclic amines) is 1. The summed E-state index contributed by atoms with van der Waals surface area (Å²) in [6.45, 7) is 1.66. The SMILES string of the molecule is COc1ccccc1-c1nc(-c2cccc(OCC(=O)N3CCCCC3)c2)no1. The number of rotatable bonds is 6. The van der Waals surface area contributed by atoms with Crippen molar-refractivity contribution in [3.8, 4) is 34.3 Å². The molecular weight excluding hydrogens is 370 g/mol. The fourth-order valence-corrected chi connectivity index (χ4v) is 3.38. The van der Waals surface area contributed by atoms with E-state index in [0.29, 0.717) is 23.2 Å². The molecular formula is C22H23N3O4. The van der Waals surface area contributed by atoms with E-state index in [1.807, 2.05) is 47.4 Å². The third-order valence-electron chi connectivity index (χ3n) is 4.93. The van der Waals surface area contributed by atoms with Crippen LogP contribution in [0.1, 0.15) is 19.3 Å². The number of nitrogens with zero attached hydrogens (tertiary/aromatic N) is 3. The van der Waals surface area contributed by atoms with Crippen molar-refractivity contribution in [2.45, 2.75) is 19.3 Å². The number of carbonyl (C=O) groups excluding carboxylic acids is 1. The van der Waals surface area contributed by atoms with Gasteiger partial charge < -0.3 is 18.9 Å². The van der Waals surface area contributed by atoms with E-state index in [0.717, 1.165) is 37.1 Å². The minimum absolute atomic E-state index is 0.0214. The van der Waals surface area contributed by atoms with Gasteiger partial charge in [-0.25, -0.2) is 0 Å². The topological polar surface area (TPSA) is 77.7 Å². The number of benzene rings is 2. The monoisotopic (exact) mass is 393 g/mol. The fraction of sp³-hybridized carbons (Fsp3) is 0.318. The first-order chi connectivity index (χ1) is 14.2. The van der Waals surface area contributed by atoms with Crippen LogP contribution in [0, 0.1) is 0 Å². The van der Waals surface area contributed by atoms with E-state index in [-0.39, 0.29) is 12.5 Å². The average Bonchev–Trinajstić information content (AvgIpc) is 3.28. The number of ether oxygens (including phenoxy) is 2. The smallest absolute Gasteiger partial charge is 0.262 e. The zero-order valence-electron chi connectivity index (χ0n) is 16.3. The molecule has 1 fully saturated rings. The Hall–Kier alpha value is -3.35. The van der Waals surface area contributed by atoms with Crippen molar-refractivity contribution in [1.82, 2.24) is 15.0 Å². The molecule has 1 saturated heterocycles. The van der Waals surface area contributed by atoms with Gasteiger partial charge in [0.15, 0.2) is 6.61 Å². The molecule has 0 aliphatic carbocycles. The minimum Gasteiger partial charge on any atom is -0.496 e. The summed E-state index contributed by atoms with van der Waals surface area (Å²) in [6.07, 6.45) is 3.31. The van der Waals surface area contributed by atoms with Gasteiger partial charge in [0, 0.05) is 18.7 Å². The Labute approximate surface area is 169 Å². The summed E-state index contributed by atoms with van der Waals surface area (Å²) >= 11 is 0. The molecule has 150 valence electrons. The summed E-state index contributed by atoms with van der Waals surface area (Å²) in [4.78, 5) is 18.6. The van der Waals surface area contributed by atoms with Crippen LogP contribution in [-0.2, 0) is 4.79 Å². The van der Waals surface area contributed by atoms with Crippen molar-refractivity contribution in [3.63, 3.8) is 0 Å². The van der Waals surface area contributed by atoms with Gasteiger partial charge in [0.25, 0.3) is 11.8 Å². The zero-order chi connectivity index (χ0) is 20.1. The first-order valence-electron chi connectivity index (χ1n) is 9.73. The Morgan fingerprint density at radius 3 is 2.76 bits per heavy atom. The Bertz CT molecular complexity index is 979. The molecule has 1 aliphatic heterocycles. The van der Waals surface area contributed by atoms with Crippen molar-refractivity contribution >= 4 is 5.91 Å². The largest absolute Gasteiger partial charge is 0.496 e. The normalized spacial score (nSPS) is 13.9. The van der Waals surface area contributed by atoms with Gasteiger partial charge in [-0.05, 0) is 43.5 Å². The minimum atomic E-state index is 0.0214. The lowest BCUT2D eigenvalue weighted by Crippen LogP contribution is -2.38. The number of amides is 1. The first-order valence-corrected chi connectivity index (χ1v) is 9.73. The fourth-order valence-electron chi connectivity index (χ4n) is 3.38. The molecule has 0 N–H and O–H groups in total. The van der Waals surface area contributed by atoms with Crippen molar-refractivity contribution < 1.29 is 18.8 Å². The molecule has 1 amide bonds. The third kappa shape index (κ3) is 4.39. The van der Waals surface area contributed by atoms with Crippen LogP contribution in [0.3, 0.4) is 0 Å². The maximum absolute atomic E-state index is 12.3. The molecule has 7 nitrogen and oxygen atoms in total. The predicted molar refractivity (Wildman–Crippen MR) is 108 cm³/mol. The van der Waals surface area contributed by atoms with E-state index in [2.05, 4.69) is 10.1 Å². The standard InChI is InChI=1S/C22H23N3O4/c1-27-19-11-4-3-10-18(19)22-23-21(24-29-22)16-8-7-9-17(14-16)28-15-20(26)25-12-5-2-6-13-25/h3-4,7-11,14H,2,5-6,12-13,15H2,1H3. The molecule has 0 radical (unpaired) electrons. The second kappa shape index (κ2) is 8.77. The molecule has 2 heterocycles. The summed E-state index contributed by atoms with van der Waals surface area (Å²) in [5.41, 5.74) is 1.48. The number of hydrogen-bond acceptors (Lipinski definition) is 6. The summed E-state index contributed by atoms with van der Waals surface area (Å²) < 4.78 is 16.5. The van der Waals surface area contributed by atoms with Crippen LogP contribution >= 0.6 is 0 Å². The lowest BCUT2D eigenvalue weighted by Gasteiger charge is -2.26. The highest BCUT2D eigenvalue weighted by molar-refractivity contribution is 5.78. The van der Waals surface area contributed by atoms with Crippen LogP contribution in [-0.4, -0.2) is 47.8 Å². The molecule has 0 unspecified atom stereocenters. The number of aromatic nitrogens is 2. The molecule has 2 aromatic carbocycles. The van der Waals surface area contributed by atoms with Gasteiger partial charge in [-0.2, -0.15) is 4.98 Å². The van der Waals surface area contributed by atoms with Crippen LogP contribution in [0.5, 0.6) is 11.5 Å². The van der Waals surface area contributed by atoms with Crippen molar-refractivity contribution in [2.24, 2.45) is 0 Å². The first kappa shape index (κ1) is 19.0. The van der Waals surface area contributed by atoms with Gasteiger partial charge in [-0.3, -0.25) is 4.79 Å². The second-order valence-electron chi connectivity index (χ2n) is 6.88. The summed E-state index contributed by atoms with van der Waals surface area (Å²) in [7, 11) is 1.60. The summed E-state index contributed by atoms with van der Waals surface area (Å²) in [6, 6.07) is 14.8. The highest BCUT2D eigenvalue weighted by Gasteiger charge is 2.18. The highest BCUT2D eigenvalue weighted by atomic mass is 16.5. The van der Waals surface area contributed by atoms with Gasteiger partial charge in [-0.1, -0.05) is 29.4 Å². The van der Waals surface area contributed by atoms with E-state index in [4.69, 9.17) is 14.0 Å². The quantitative estimate of drug-likeness (QED) is 0.634. The van der Waals surface area contributed by atoms with Crippen LogP contribution < -0.4 is 9.47 Å². The second-order valence-corrected chi connectivity index (χ2v) is 6.88. The molecule has 0 saturated carbocycles. The molecule has 4 rings (SSSR count). The van der Waals surface area contributed by atoms with Crippen molar-refractivity contribution in [1.29, 1.82) is 0 Å². The lowest BCUT2D eigenvalue weighted by atomic mass is 10.1. The van der Waals surface area contributed by atoms with Crippen molar-refractivity contribution in [2.75, 3.05) is 26.8 Å². The van der Waals surface area contributed by atoms with Gasteiger partial charge >= 0.3 is 0 Å². The van der Waals surface area contributed by atoms with Crippen LogP contribution in [0.4, 0.5) is 0 Å².